The zero-order valence-electron chi connectivity index (χ0n) is 15.9. The third-order valence-electron chi connectivity index (χ3n) is 4.44. The maximum absolute atomic E-state index is 12.4. The Hall–Kier alpha value is -2.05. The van der Waals surface area contributed by atoms with Gasteiger partial charge in [0.05, 0.1) is 18.0 Å². The second-order valence-electron chi connectivity index (χ2n) is 7.11. The van der Waals surface area contributed by atoms with Crippen LogP contribution in [-0.4, -0.2) is 29.3 Å². The van der Waals surface area contributed by atoms with E-state index in [4.69, 9.17) is 4.74 Å². The number of benzene rings is 1. The summed E-state index contributed by atoms with van der Waals surface area (Å²) in [6.45, 7) is 5.62. The molecule has 5 nitrogen and oxygen atoms in total. The minimum absolute atomic E-state index is 0.0335. The summed E-state index contributed by atoms with van der Waals surface area (Å²) < 4.78 is 5.73. The lowest BCUT2D eigenvalue weighted by Crippen LogP contribution is -2.42. The number of aromatic nitrogens is 1. The molecule has 27 heavy (non-hydrogen) atoms. The summed E-state index contributed by atoms with van der Waals surface area (Å²) in [7, 11) is 0. The normalized spacial score (nSPS) is 19.2. The van der Waals surface area contributed by atoms with Crippen molar-refractivity contribution in [2.45, 2.75) is 38.2 Å². The van der Waals surface area contributed by atoms with Gasteiger partial charge in [-0.05, 0) is 41.7 Å². The summed E-state index contributed by atoms with van der Waals surface area (Å²) in [4.78, 5) is 16.6. The Morgan fingerprint density at radius 1 is 1.33 bits per heavy atom. The number of amides is 1. The highest BCUT2D eigenvalue weighted by molar-refractivity contribution is 7.99. The van der Waals surface area contributed by atoms with E-state index < -0.39 is 0 Å². The quantitative estimate of drug-likeness (QED) is 0.728. The Morgan fingerprint density at radius 3 is 2.85 bits per heavy atom. The fourth-order valence-corrected chi connectivity index (χ4v) is 4.00. The molecule has 1 aromatic carbocycles. The SMILES string of the molecule is CC(C)CCOc1ccc(CNC(=O)[C@@H]2CSC(c3cccnc3)N2)cc1. The molecule has 1 aliphatic rings. The Balaban J connectivity index is 1.43. The lowest BCUT2D eigenvalue weighted by molar-refractivity contribution is -0.122. The summed E-state index contributed by atoms with van der Waals surface area (Å²) >= 11 is 1.74. The lowest BCUT2D eigenvalue weighted by Gasteiger charge is -2.14. The molecule has 0 spiro atoms. The van der Waals surface area contributed by atoms with E-state index in [0.29, 0.717) is 12.5 Å². The second kappa shape index (κ2) is 9.76. The minimum atomic E-state index is -0.182. The zero-order valence-corrected chi connectivity index (χ0v) is 16.7. The van der Waals surface area contributed by atoms with Crippen LogP contribution in [0.2, 0.25) is 0 Å². The van der Waals surface area contributed by atoms with Crippen LogP contribution in [0.3, 0.4) is 0 Å². The Kier molecular flexibility index (Phi) is 7.12. The molecular formula is C21H27N3O2S. The number of nitrogens with zero attached hydrogens (tertiary/aromatic N) is 1. The van der Waals surface area contributed by atoms with Crippen molar-refractivity contribution >= 4 is 17.7 Å². The van der Waals surface area contributed by atoms with Gasteiger partial charge in [-0.15, -0.1) is 11.8 Å². The molecule has 0 saturated carbocycles. The molecule has 1 fully saturated rings. The summed E-state index contributed by atoms with van der Waals surface area (Å²) in [5, 5.41) is 6.52. The highest BCUT2D eigenvalue weighted by atomic mass is 32.2. The van der Waals surface area contributed by atoms with E-state index in [2.05, 4.69) is 29.5 Å². The predicted molar refractivity (Wildman–Crippen MR) is 110 cm³/mol. The molecule has 6 heteroatoms. The van der Waals surface area contributed by atoms with Gasteiger partial charge in [0.25, 0.3) is 0 Å². The van der Waals surface area contributed by atoms with Gasteiger partial charge in [-0.25, -0.2) is 0 Å². The number of carbonyl (C=O) groups excluding carboxylic acids is 1. The van der Waals surface area contributed by atoms with Crippen molar-refractivity contribution in [1.29, 1.82) is 0 Å². The van der Waals surface area contributed by atoms with Gasteiger partial charge in [-0.1, -0.05) is 32.0 Å². The molecule has 1 aromatic heterocycles. The van der Waals surface area contributed by atoms with Crippen molar-refractivity contribution in [1.82, 2.24) is 15.6 Å². The summed E-state index contributed by atoms with van der Waals surface area (Å²) in [6.07, 6.45) is 4.65. The average Bonchev–Trinajstić information content (AvgIpc) is 3.18. The van der Waals surface area contributed by atoms with Gasteiger partial charge >= 0.3 is 0 Å². The van der Waals surface area contributed by atoms with E-state index in [-0.39, 0.29) is 17.3 Å². The van der Waals surface area contributed by atoms with Crippen LogP contribution >= 0.6 is 11.8 Å². The smallest absolute Gasteiger partial charge is 0.238 e. The number of ether oxygens (including phenoxy) is 1. The van der Waals surface area contributed by atoms with Gasteiger partial charge in [0.2, 0.25) is 5.91 Å². The molecule has 1 unspecified atom stereocenters. The molecule has 2 heterocycles. The summed E-state index contributed by atoms with van der Waals surface area (Å²) in [6, 6.07) is 11.7. The van der Waals surface area contributed by atoms with Gasteiger partial charge < -0.3 is 10.1 Å². The van der Waals surface area contributed by atoms with Crippen molar-refractivity contribution in [3.63, 3.8) is 0 Å². The molecule has 0 bridgehead atoms. The number of thioether (sulfide) groups is 1. The predicted octanol–water partition coefficient (Wildman–Crippen LogP) is 3.53. The molecule has 144 valence electrons. The molecule has 0 radical (unpaired) electrons. The highest BCUT2D eigenvalue weighted by Crippen LogP contribution is 2.32. The third-order valence-corrected chi connectivity index (χ3v) is 5.71. The van der Waals surface area contributed by atoms with Gasteiger partial charge in [0, 0.05) is 24.7 Å². The molecule has 1 aliphatic heterocycles. The first kappa shape index (κ1) is 19.7. The van der Waals surface area contributed by atoms with Crippen molar-refractivity contribution in [3.8, 4) is 5.75 Å². The third kappa shape index (κ3) is 5.97. The fraction of sp³-hybridized carbons (Fsp3) is 0.429. The number of rotatable bonds is 8. The van der Waals surface area contributed by atoms with Crippen LogP contribution < -0.4 is 15.4 Å². The molecule has 2 aromatic rings. The average molecular weight is 386 g/mol. The highest BCUT2D eigenvalue weighted by Gasteiger charge is 2.30. The number of carbonyl (C=O) groups is 1. The van der Waals surface area contributed by atoms with E-state index in [1.807, 2.05) is 42.6 Å². The number of hydrogen-bond donors (Lipinski definition) is 2. The molecule has 0 aliphatic carbocycles. The van der Waals surface area contributed by atoms with Crippen LogP contribution in [0.1, 0.15) is 36.8 Å². The van der Waals surface area contributed by atoms with Crippen molar-refractivity contribution in [2.24, 2.45) is 5.92 Å². The minimum Gasteiger partial charge on any atom is -0.494 e. The summed E-state index contributed by atoms with van der Waals surface area (Å²) in [5.41, 5.74) is 2.17. The Morgan fingerprint density at radius 2 is 2.15 bits per heavy atom. The summed E-state index contributed by atoms with van der Waals surface area (Å²) in [5.74, 6) is 2.30. The monoisotopic (exact) mass is 385 g/mol. The number of pyridine rings is 1. The largest absolute Gasteiger partial charge is 0.494 e. The van der Waals surface area contributed by atoms with Gasteiger partial charge in [-0.2, -0.15) is 0 Å². The van der Waals surface area contributed by atoms with Crippen LogP contribution in [0.15, 0.2) is 48.8 Å². The van der Waals surface area contributed by atoms with Gasteiger partial charge in [0.15, 0.2) is 0 Å². The first-order chi connectivity index (χ1) is 13.1. The van der Waals surface area contributed by atoms with Gasteiger partial charge in [0.1, 0.15) is 5.75 Å². The van der Waals surface area contributed by atoms with E-state index in [1.54, 1.807) is 18.0 Å². The van der Waals surface area contributed by atoms with Crippen LogP contribution in [0.5, 0.6) is 5.75 Å². The molecule has 1 saturated heterocycles. The van der Waals surface area contributed by atoms with Crippen LogP contribution in [-0.2, 0) is 11.3 Å². The van der Waals surface area contributed by atoms with E-state index in [1.165, 1.54) is 0 Å². The molecule has 1 amide bonds. The van der Waals surface area contributed by atoms with Crippen LogP contribution in [0, 0.1) is 5.92 Å². The molecular weight excluding hydrogens is 358 g/mol. The van der Waals surface area contributed by atoms with Crippen LogP contribution in [0.25, 0.3) is 0 Å². The topological polar surface area (TPSA) is 63.2 Å². The molecule has 3 rings (SSSR count). The second-order valence-corrected chi connectivity index (χ2v) is 8.25. The first-order valence-electron chi connectivity index (χ1n) is 9.39. The molecule has 2 N–H and O–H groups in total. The Bertz CT molecular complexity index is 722. The number of nitrogens with one attached hydrogen (secondary N) is 2. The number of hydrogen-bond acceptors (Lipinski definition) is 5. The zero-order chi connectivity index (χ0) is 19.1. The van der Waals surface area contributed by atoms with Gasteiger partial charge in [-0.3, -0.25) is 15.1 Å². The van der Waals surface area contributed by atoms with E-state index in [0.717, 1.165) is 35.7 Å². The lowest BCUT2D eigenvalue weighted by atomic mass is 10.1. The maximum Gasteiger partial charge on any atom is 0.238 e. The maximum atomic E-state index is 12.4. The van der Waals surface area contributed by atoms with Crippen molar-refractivity contribution in [2.75, 3.05) is 12.4 Å². The molecule has 2 atom stereocenters. The first-order valence-corrected chi connectivity index (χ1v) is 10.4. The van der Waals surface area contributed by atoms with E-state index in [9.17, 15) is 4.79 Å². The fourth-order valence-electron chi connectivity index (χ4n) is 2.77. The van der Waals surface area contributed by atoms with Crippen molar-refractivity contribution in [3.05, 3.63) is 59.9 Å². The van der Waals surface area contributed by atoms with Crippen molar-refractivity contribution < 1.29 is 9.53 Å². The Labute approximate surface area is 165 Å². The van der Waals surface area contributed by atoms with E-state index >= 15 is 0 Å². The standard InChI is InChI=1S/C21H27N3O2S/c1-15(2)9-11-26-18-7-5-16(6-8-18)12-23-20(25)19-14-27-21(24-19)17-4-3-10-22-13-17/h3-8,10,13,15,19,21,24H,9,11-12,14H2,1-2H3,(H,23,25)/t19-,21?/m0/s1. The van der Waals surface area contributed by atoms with Crippen LogP contribution in [0.4, 0.5) is 0 Å².